The van der Waals surface area contributed by atoms with Crippen LogP contribution in [0.5, 0.6) is 0 Å². The van der Waals surface area contributed by atoms with Gasteiger partial charge in [-0.25, -0.2) is 4.79 Å². The summed E-state index contributed by atoms with van der Waals surface area (Å²) in [5.74, 6) is 0. The van der Waals surface area contributed by atoms with Crippen molar-refractivity contribution in [1.82, 2.24) is 10.6 Å². The van der Waals surface area contributed by atoms with E-state index in [4.69, 9.17) is 27.9 Å². The van der Waals surface area contributed by atoms with Crippen molar-refractivity contribution in [3.63, 3.8) is 0 Å². The fourth-order valence-corrected chi connectivity index (χ4v) is 2.63. The van der Waals surface area contributed by atoms with Gasteiger partial charge in [-0.05, 0) is 18.6 Å². The minimum atomic E-state index is -0.978. The molecule has 0 aromatic heterocycles. The Labute approximate surface area is 133 Å². The first-order valence-corrected chi connectivity index (χ1v) is 7.45. The molecule has 0 unspecified atom stereocenters. The van der Waals surface area contributed by atoms with Gasteiger partial charge in [-0.15, -0.1) is 0 Å². The molecule has 1 aromatic carbocycles. The van der Waals surface area contributed by atoms with Crippen molar-refractivity contribution in [2.24, 2.45) is 0 Å². The van der Waals surface area contributed by atoms with E-state index >= 15 is 0 Å². The molecule has 21 heavy (non-hydrogen) atoms. The molecule has 0 radical (unpaired) electrons. The Morgan fingerprint density at radius 3 is 2.95 bits per heavy atom. The summed E-state index contributed by atoms with van der Waals surface area (Å²) in [5.41, 5.74) is -0.240. The lowest BCUT2D eigenvalue weighted by Gasteiger charge is -2.22. The van der Waals surface area contributed by atoms with Gasteiger partial charge in [0.25, 0.3) is 0 Å². The number of benzene rings is 1. The van der Waals surface area contributed by atoms with Crippen LogP contribution in [0.4, 0.5) is 4.79 Å². The zero-order valence-corrected chi connectivity index (χ0v) is 13.2. The summed E-state index contributed by atoms with van der Waals surface area (Å²) in [6.07, 6.45) is 0.517. The van der Waals surface area contributed by atoms with Crippen molar-refractivity contribution in [3.05, 3.63) is 33.8 Å². The Balaban J connectivity index is 1.88. The van der Waals surface area contributed by atoms with Gasteiger partial charge in [0.1, 0.15) is 5.60 Å². The molecule has 3 N–H and O–H groups in total. The minimum absolute atomic E-state index is 0.148. The smallest absolute Gasteiger partial charge is 0.315 e. The topological polar surface area (TPSA) is 70.6 Å². The second kappa shape index (κ2) is 6.83. The molecule has 1 aromatic rings. The number of nitrogens with one attached hydrogen (secondary N) is 2. The molecule has 7 heteroatoms. The van der Waals surface area contributed by atoms with Crippen molar-refractivity contribution >= 4 is 29.2 Å². The first kappa shape index (κ1) is 16.4. The number of hydrogen-bond acceptors (Lipinski definition) is 3. The third-order valence-corrected chi connectivity index (χ3v) is 4.29. The van der Waals surface area contributed by atoms with Crippen LogP contribution in [0.1, 0.15) is 24.9 Å². The van der Waals surface area contributed by atoms with Gasteiger partial charge in [0.2, 0.25) is 0 Å². The number of carbonyl (C=O) groups excluding carboxylic acids is 1. The van der Waals surface area contributed by atoms with Gasteiger partial charge in [-0.2, -0.15) is 0 Å². The molecule has 0 saturated carbocycles. The number of amides is 2. The van der Waals surface area contributed by atoms with Crippen LogP contribution in [-0.4, -0.2) is 36.5 Å². The average Bonchev–Trinajstić information content (AvgIpc) is 2.87. The van der Waals surface area contributed by atoms with Crippen LogP contribution < -0.4 is 10.6 Å². The van der Waals surface area contributed by atoms with Crippen LogP contribution in [0.15, 0.2) is 18.2 Å². The predicted octanol–water partition coefficient (Wildman–Crippen LogP) is 2.51. The molecular formula is C14H18Cl2N2O3. The van der Waals surface area contributed by atoms with Crippen molar-refractivity contribution in [3.8, 4) is 0 Å². The number of rotatable bonds is 4. The van der Waals surface area contributed by atoms with Gasteiger partial charge in [0.15, 0.2) is 0 Å². The molecule has 2 atom stereocenters. The van der Waals surface area contributed by atoms with E-state index in [-0.39, 0.29) is 25.2 Å². The van der Waals surface area contributed by atoms with E-state index in [1.54, 1.807) is 18.2 Å². The number of aliphatic hydroxyl groups is 1. The summed E-state index contributed by atoms with van der Waals surface area (Å²) < 4.78 is 5.12. The average molecular weight is 333 g/mol. The Morgan fingerprint density at radius 2 is 2.29 bits per heavy atom. The van der Waals surface area contributed by atoms with Crippen LogP contribution in [0, 0.1) is 0 Å². The molecule has 1 aliphatic rings. The van der Waals surface area contributed by atoms with E-state index in [0.717, 1.165) is 5.56 Å². The summed E-state index contributed by atoms with van der Waals surface area (Å²) >= 11 is 12.1. The zero-order chi connectivity index (χ0) is 15.5. The van der Waals surface area contributed by atoms with Crippen LogP contribution >= 0.6 is 23.2 Å². The highest BCUT2D eigenvalue weighted by Crippen LogP contribution is 2.29. The molecule has 1 aliphatic heterocycles. The van der Waals surface area contributed by atoms with Crippen LogP contribution in [0.2, 0.25) is 10.0 Å². The summed E-state index contributed by atoms with van der Waals surface area (Å²) in [6, 6.07) is 4.59. The highest BCUT2D eigenvalue weighted by atomic mass is 35.5. The summed E-state index contributed by atoms with van der Waals surface area (Å²) in [5, 5.41) is 16.3. The Morgan fingerprint density at radius 1 is 1.52 bits per heavy atom. The summed E-state index contributed by atoms with van der Waals surface area (Å²) in [6.45, 7) is 2.70. The van der Waals surface area contributed by atoms with E-state index in [0.29, 0.717) is 23.1 Å². The lowest BCUT2D eigenvalue weighted by Crippen LogP contribution is -2.47. The van der Waals surface area contributed by atoms with Crippen molar-refractivity contribution in [1.29, 1.82) is 0 Å². The van der Waals surface area contributed by atoms with E-state index in [1.165, 1.54) is 0 Å². The number of hydrogen-bond donors (Lipinski definition) is 3. The lowest BCUT2D eigenvalue weighted by atomic mass is 10.0. The highest BCUT2D eigenvalue weighted by Gasteiger charge is 2.32. The molecule has 116 valence electrons. The van der Waals surface area contributed by atoms with Crippen LogP contribution in [0.25, 0.3) is 0 Å². The molecule has 1 saturated heterocycles. The fourth-order valence-electron chi connectivity index (χ4n) is 2.16. The first-order valence-electron chi connectivity index (χ1n) is 6.70. The van der Waals surface area contributed by atoms with Crippen molar-refractivity contribution in [2.75, 3.05) is 19.8 Å². The maximum atomic E-state index is 11.9. The van der Waals surface area contributed by atoms with Crippen molar-refractivity contribution in [2.45, 2.75) is 25.0 Å². The van der Waals surface area contributed by atoms with E-state index in [2.05, 4.69) is 10.6 Å². The number of halogens is 2. The second-order valence-corrected chi connectivity index (χ2v) is 6.00. The molecule has 0 spiro atoms. The van der Waals surface area contributed by atoms with Crippen LogP contribution in [0.3, 0.4) is 0 Å². The number of ether oxygens (including phenoxy) is 1. The zero-order valence-electron chi connectivity index (χ0n) is 11.7. The molecule has 2 rings (SSSR count). The van der Waals surface area contributed by atoms with E-state index in [9.17, 15) is 9.90 Å². The quantitative estimate of drug-likeness (QED) is 0.793. The molecule has 1 fully saturated rings. The van der Waals surface area contributed by atoms with Gasteiger partial charge >= 0.3 is 6.03 Å². The predicted molar refractivity (Wildman–Crippen MR) is 81.8 cm³/mol. The SMILES string of the molecule is C[C@@H](NC(=O)NC[C@@]1(O)CCOC1)c1cccc(Cl)c1Cl. The maximum absolute atomic E-state index is 11.9. The minimum Gasteiger partial charge on any atom is -0.386 e. The number of carbonyl (C=O) groups is 1. The standard InChI is InChI=1S/C14H18Cl2N2O3/c1-9(10-3-2-4-11(15)12(10)16)18-13(19)17-7-14(20)5-6-21-8-14/h2-4,9,20H,5-8H2,1H3,(H2,17,18,19)/t9-,14+/m1/s1. The summed E-state index contributed by atoms with van der Waals surface area (Å²) in [4.78, 5) is 11.9. The molecule has 1 heterocycles. The molecule has 0 aliphatic carbocycles. The second-order valence-electron chi connectivity index (χ2n) is 5.22. The first-order chi connectivity index (χ1) is 9.91. The van der Waals surface area contributed by atoms with Crippen molar-refractivity contribution < 1.29 is 14.6 Å². The Kier molecular flexibility index (Phi) is 5.32. The van der Waals surface area contributed by atoms with Gasteiger partial charge < -0.3 is 20.5 Å². The highest BCUT2D eigenvalue weighted by molar-refractivity contribution is 6.42. The summed E-state index contributed by atoms with van der Waals surface area (Å²) in [7, 11) is 0. The Hall–Kier alpha value is -1.01. The molecule has 0 bridgehead atoms. The number of urea groups is 1. The maximum Gasteiger partial charge on any atom is 0.315 e. The van der Waals surface area contributed by atoms with E-state index < -0.39 is 5.60 Å². The van der Waals surface area contributed by atoms with Gasteiger partial charge in [0.05, 0.1) is 29.2 Å². The van der Waals surface area contributed by atoms with Gasteiger partial charge in [0, 0.05) is 13.0 Å². The fraction of sp³-hybridized carbons (Fsp3) is 0.500. The molecule has 5 nitrogen and oxygen atoms in total. The molecular weight excluding hydrogens is 315 g/mol. The van der Waals surface area contributed by atoms with Gasteiger partial charge in [-0.3, -0.25) is 0 Å². The Bertz CT molecular complexity index is 519. The van der Waals surface area contributed by atoms with Crippen LogP contribution in [-0.2, 0) is 4.74 Å². The van der Waals surface area contributed by atoms with E-state index in [1.807, 2.05) is 6.92 Å². The third kappa shape index (κ3) is 4.23. The molecule has 2 amide bonds. The monoisotopic (exact) mass is 332 g/mol. The lowest BCUT2D eigenvalue weighted by molar-refractivity contribution is 0.0291. The third-order valence-electron chi connectivity index (χ3n) is 3.46. The normalized spacial score (nSPS) is 22.9. The van der Waals surface area contributed by atoms with Gasteiger partial charge in [-0.1, -0.05) is 35.3 Å². The largest absolute Gasteiger partial charge is 0.386 e.